The van der Waals surface area contributed by atoms with E-state index in [2.05, 4.69) is 79.8 Å². The first-order valence-corrected chi connectivity index (χ1v) is 11.6. The Labute approximate surface area is 186 Å². The number of benzene rings is 2. The number of nitrogens with one attached hydrogen (secondary N) is 1. The highest BCUT2D eigenvalue weighted by molar-refractivity contribution is 5.67. The normalized spacial score (nSPS) is 18.9. The third-order valence-electron chi connectivity index (χ3n) is 6.66. The molecule has 1 aromatic heterocycles. The lowest BCUT2D eigenvalue weighted by Gasteiger charge is -2.29. The summed E-state index contributed by atoms with van der Waals surface area (Å²) in [6.45, 7) is 7.49. The van der Waals surface area contributed by atoms with Gasteiger partial charge in [0, 0.05) is 30.0 Å². The summed E-state index contributed by atoms with van der Waals surface area (Å²) in [4.78, 5) is 0. The quantitative estimate of drug-likeness (QED) is 0.458. The standard InChI is InChI=1S/C27H35N3O/c1-19(2)30-18-25(17-29-30)23-6-5-7-26(15-23)28-16-21-8-10-22(11-9-21)24-12-13-27(31-4)20(3)14-24/h5-7,12-15,17-19,21-22,28H,8-11,16H2,1-4H3/t21-,22-. The van der Waals surface area contributed by atoms with Gasteiger partial charge in [0.15, 0.2) is 0 Å². The molecule has 0 radical (unpaired) electrons. The molecule has 1 heterocycles. The van der Waals surface area contributed by atoms with Crippen LogP contribution in [0.3, 0.4) is 0 Å². The maximum Gasteiger partial charge on any atom is 0.121 e. The van der Waals surface area contributed by atoms with E-state index in [0.717, 1.165) is 18.2 Å². The summed E-state index contributed by atoms with van der Waals surface area (Å²) < 4.78 is 7.43. The average molecular weight is 418 g/mol. The molecule has 4 nitrogen and oxygen atoms in total. The summed E-state index contributed by atoms with van der Waals surface area (Å²) in [6, 6.07) is 15.8. The molecule has 1 saturated carbocycles. The van der Waals surface area contributed by atoms with E-state index < -0.39 is 0 Å². The molecular formula is C27H35N3O. The van der Waals surface area contributed by atoms with Gasteiger partial charge >= 0.3 is 0 Å². The molecule has 1 fully saturated rings. The van der Waals surface area contributed by atoms with E-state index in [1.807, 2.05) is 10.9 Å². The van der Waals surface area contributed by atoms with Gasteiger partial charge in [0.1, 0.15) is 5.75 Å². The third-order valence-corrected chi connectivity index (χ3v) is 6.66. The second-order valence-electron chi connectivity index (χ2n) is 9.21. The molecule has 164 valence electrons. The first-order valence-electron chi connectivity index (χ1n) is 11.6. The predicted molar refractivity (Wildman–Crippen MR) is 129 cm³/mol. The fourth-order valence-electron chi connectivity index (χ4n) is 4.70. The van der Waals surface area contributed by atoms with E-state index in [1.54, 1.807) is 7.11 Å². The summed E-state index contributed by atoms with van der Waals surface area (Å²) in [7, 11) is 1.74. The maximum absolute atomic E-state index is 5.41. The van der Waals surface area contributed by atoms with Crippen LogP contribution in [-0.4, -0.2) is 23.4 Å². The first-order chi connectivity index (χ1) is 15.0. The zero-order valence-electron chi connectivity index (χ0n) is 19.3. The fourth-order valence-corrected chi connectivity index (χ4v) is 4.70. The lowest BCUT2D eigenvalue weighted by atomic mass is 9.78. The van der Waals surface area contributed by atoms with E-state index in [9.17, 15) is 0 Å². The van der Waals surface area contributed by atoms with Crippen LogP contribution >= 0.6 is 0 Å². The number of rotatable bonds is 7. The van der Waals surface area contributed by atoms with Gasteiger partial charge in [0.2, 0.25) is 0 Å². The molecule has 0 unspecified atom stereocenters. The molecule has 31 heavy (non-hydrogen) atoms. The lowest BCUT2D eigenvalue weighted by molar-refractivity contribution is 0.338. The molecule has 4 rings (SSSR count). The predicted octanol–water partition coefficient (Wildman–Crippen LogP) is 6.83. The number of nitrogens with zero attached hydrogens (tertiary/aromatic N) is 2. The number of hydrogen-bond acceptors (Lipinski definition) is 3. The van der Waals surface area contributed by atoms with E-state index in [-0.39, 0.29) is 0 Å². The molecule has 3 aromatic rings. The Bertz CT molecular complexity index is 999. The number of anilines is 1. The van der Waals surface area contributed by atoms with Crippen molar-refractivity contribution in [1.29, 1.82) is 0 Å². The van der Waals surface area contributed by atoms with E-state index in [4.69, 9.17) is 4.74 Å². The topological polar surface area (TPSA) is 39.1 Å². The van der Waals surface area contributed by atoms with Crippen LogP contribution in [-0.2, 0) is 0 Å². The minimum absolute atomic E-state index is 0.381. The fraction of sp³-hybridized carbons (Fsp3) is 0.444. The van der Waals surface area contributed by atoms with Gasteiger partial charge in [-0.3, -0.25) is 4.68 Å². The largest absolute Gasteiger partial charge is 0.496 e. The molecule has 4 heteroatoms. The van der Waals surface area contributed by atoms with Crippen molar-refractivity contribution in [3.8, 4) is 16.9 Å². The van der Waals surface area contributed by atoms with Crippen molar-refractivity contribution in [2.24, 2.45) is 5.92 Å². The molecule has 0 amide bonds. The van der Waals surface area contributed by atoms with Crippen LogP contribution in [0.5, 0.6) is 5.75 Å². The minimum atomic E-state index is 0.381. The van der Waals surface area contributed by atoms with Crippen LogP contribution in [0.25, 0.3) is 11.1 Å². The average Bonchev–Trinajstić information content (AvgIpc) is 3.29. The number of aromatic nitrogens is 2. The number of hydrogen-bond donors (Lipinski definition) is 1. The summed E-state index contributed by atoms with van der Waals surface area (Å²) in [5.41, 5.74) is 6.30. The Kier molecular flexibility index (Phi) is 6.64. The SMILES string of the molecule is COc1ccc([C@H]2CC[C@H](CNc3cccc(-c4cnn(C(C)C)c4)c3)CC2)cc1C. The second-order valence-corrected chi connectivity index (χ2v) is 9.21. The Hall–Kier alpha value is -2.75. The van der Waals surface area contributed by atoms with Gasteiger partial charge in [-0.15, -0.1) is 0 Å². The van der Waals surface area contributed by atoms with Gasteiger partial charge in [-0.05, 0) is 93.2 Å². The highest BCUT2D eigenvalue weighted by Gasteiger charge is 2.22. The van der Waals surface area contributed by atoms with Crippen LogP contribution in [0.4, 0.5) is 5.69 Å². The molecule has 0 atom stereocenters. The highest BCUT2D eigenvalue weighted by Crippen LogP contribution is 2.37. The van der Waals surface area contributed by atoms with Gasteiger partial charge in [0.25, 0.3) is 0 Å². The Morgan fingerprint density at radius 1 is 1.06 bits per heavy atom. The summed E-state index contributed by atoms with van der Waals surface area (Å²) in [5, 5.41) is 8.17. The van der Waals surface area contributed by atoms with Crippen LogP contribution in [0.1, 0.15) is 62.6 Å². The molecule has 2 aromatic carbocycles. The molecule has 0 aliphatic heterocycles. The van der Waals surface area contributed by atoms with Crippen molar-refractivity contribution in [3.63, 3.8) is 0 Å². The van der Waals surface area contributed by atoms with Gasteiger partial charge in [0.05, 0.1) is 13.3 Å². The minimum Gasteiger partial charge on any atom is -0.496 e. The third kappa shape index (κ3) is 5.12. The Morgan fingerprint density at radius 3 is 2.55 bits per heavy atom. The zero-order chi connectivity index (χ0) is 21.8. The monoisotopic (exact) mass is 417 g/mol. The maximum atomic E-state index is 5.41. The Morgan fingerprint density at radius 2 is 1.87 bits per heavy atom. The summed E-state index contributed by atoms with van der Waals surface area (Å²) >= 11 is 0. The Balaban J connectivity index is 1.31. The molecule has 0 bridgehead atoms. The molecular weight excluding hydrogens is 382 g/mol. The van der Waals surface area contributed by atoms with Crippen molar-refractivity contribution in [1.82, 2.24) is 9.78 Å². The van der Waals surface area contributed by atoms with Crippen molar-refractivity contribution in [2.45, 2.75) is 58.4 Å². The van der Waals surface area contributed by atoms with Gasteiger partial charge in [-0.1, -0.05) is 24.3 Å². The van der Waals surface area contributed by atoms with Gasteiger partial charge in [-0.25, -0.2) is 0 Å². The lowest BCUT2D eigenvalue weighted by Crippen LogP contribution is -2.20. The van der Waals surface area contributed by atoms with E-state index in [1.165, 1.54) is 53.6 Å². The molecule has 1 aliphatic carbocycles. The molecule has 1 aliphatic rings. The smallest absolute Gasteiger partial charge is 0.121 e. The van der Waals surface area contributed by atoms with Crippen LogP contribution in [0.2, 0.25) is 0 Å². The van der Waals surface area contributed by atoms with Crippen molar-refractivity contribution in [2.75, 3.05) is 19.0 Å². The zero-order valence-corrected chi connectivity index (χ0v) is 19.3. The van der Waals surface area contributed by atoms with Crippen LogP contribution in [0.15, 0.2) is 54.9 Å². The number of aryl methyl sites for hydroxylation is 1. The second kappa shape index (κ2) is 9.59. The summed E-state index contributed by atoms with van der Waals surface area (Å²) in [6.07, 6.45) is 9.19. The van der Waals surface area contributed by atoms with Crippen LogP contribution in [0, 0.1) is 12.8 Å². The highest BCUT2D eigenvalue weighted by atomic mass is 16.5. The number of methoxy groups -OCH3 is 1. The molecule has 0 spiro atoms. The number of ether oxygens (including phenoxy) is 1. The van der Waals surface area contributed by atoms with Crippen molar-refractivity contribution < 1.29 is 4.74 Å². The summed E-state index contributed by atoms with van der Waals surface area (Å²) in [5.74, 6) is 2.41. The molecule has 0 saturated heterocycles. The van der Waals surface area contributed by atoms with E-state index >= 15 is 0 Å². The van der Waals surface area contributed by atoms with E-state index in [0.29, 0.717) is 12.0 Å². The van der Waals surface area contributed by atoms with Gasteiger partial charge < -0.3 is 10.1 Å². The first kappa shape index (κ1) is 21.5. The van der Waals surface area contributed by atoms with Crippen molar-refractivity contribution in [3.05, 3.63) is 66.0 Å². The molecule has 1 N–H and O–H groups in total. The van der Waals surface area contributed by atoms with Gasteiger partial charge in [-0.2, -0.15) is 5.10 Å². The van der Waals surface area contributed by atoms with Crippen LogP contribution < -0.4 is 10.1 Å². The van der Waals surface area contributed by atoms with Crippen molar-refractivity contribution >= 4 is 5.69 Å².